The Balaban J connectivity index is 1.59. The highest BCUT2D eigenvalue weighted by Gasteiger charge is 2.49. The Kier molecular flexibility index (Phi) is 8.41. The summed E-state index contributed by atoms with van der Waals surface area (Å²) in [5, 5.41) is 2.34. The summed E-state index contributed by atoms with van der Waals surface area (Å²) in [6.07, 6.45) is -10.5. The number of carbonyl (C=O) groups excluding carboxylic acids is 1. The normalized spacial score (nSPS) is 20.0. The molecular weight excluding hydrogens is 606 g/mol. The zero-order valence-corrected chi connectivity index (χ0v) is 21.9. The summed E-state index contributed by atoms with van der Waals surface area (Å²) < 4.78 is 136. The monoisotopic (exact) mass is 625 g/mol. The molecule has 0 saturated carbocycles. The molecule has 1 amide bonds. The van der Waals surface area contributed by atoms with E-state index in [2.05, 4.69) is 25.0 Å². The minimum absolute atomic E-state index is 0.122. The molecule has 226 valence electrons. The van der Waals surface area contributed by atoms with Gasteiger partial charge in [-0.15, -0.1) is 13.2 Å². The van der Waals surface area contributed by atoms with E-state index in [-0.39, 0.29) is 16.2 Å². The van der Waals surface area contributed by atoms with Crippen molar-refractivity contribution in [3.05, 3.63) is 66.3 Å². The molecule has 2 aromatic heterocycles. The number of amides is 1. The second-order valence-corrected chi connectivity index (χ2v) is 10.9. The lowest BCUT2D eigenvalue weighted by molar-refractivity contribution is -0.274. The number of pyridine rings is 1. The van der Waals surface area contributed by atoms with E-state index in [0.717, 1.165) is 30.3 Å². The number of carbonyl (C=O) groups is 1. The van der Waals surface area contributed by atoms with Crippen molar-refractivity contribution in [3.8, 4) is 16.9 Å². The Hall–Kier alpha value is -3.93. The highest BCUT2D eigenvalue weighted by Crippen LogP contribution is 2.35. The van der Waals surface area contributed by atoms with E-state index in [9.17, 15) is 48.3 Å². The largest absolute Gasteiger partial charge is 0.573 e. The average molecular weight is 625 g/mol. The number of nitrogens with one attached hydrogen (secondary N) is 1. The number of hydrogen-bond acceptors (Lipinski definition) is 7. The third-order valence-corrected chi connectivity index (χ3v) is 8.19. The van der Waals surface area contributed by atoms with Crippen LogP contribution < -0.4 is 10.1 Å². The number of aromatic nitrogens is 3. The summed E-state index contributed by atoms with van der Waals surface area (Å²) in [6.45, 7) is 0.740. The van der Waals surface area contributed by atoms with Crippen molar-refractivity contribution in [1.29, 1.82) is 0 Å². The van der Waals surface area contributed by atoms with Crippen molar-refractivity contribution in [2.45, 2.75) is 55.6 Å². The molecule has 42 heavy (non-hydrogen) atoms. The number of benzene rings is 1. The molecule has 0 spiro atoms. The van der Waals surface area contributed by atoms with E-state index in [1.54, 1.807) is 0 Å². The van der Waals surface area contributed by atoms with Gasteiger partial charge in [0.25, 0.3) is 0 Å². The molecule has 3 heterocycles. The lowest BCUT2D eigenvalue weighted by Crippen LogP contribution is -2.48. The van der Waals surface area contributed by atoms with Crippen molar-refractivity contribution >= 4 is 15.9 Å². The van der Waals surface area contributed by atoms with Crippen LogP contribution in [-0.4, -0.2) is 58.2 Å². The Labute approximate surface area is 232 Å². The fourth-order valence-corrected chi connectivity index (χ4v) is 6.03. The van der Waals surface area contributed by atoms with Crippen molar-refractivity contribution in [3.63, 3.8) is 0 Å². The van der Waals surface area contributed by atoms with E-state index in [1.807, 2.05) is 0 Å². The minimum atomic E-state index is -5.19. The zero-order chi connectivity index (χ0) is 31.0. The topological polar surface area (TPSA) is 114 Å². The first-order valence-electron chi connectivity index (χ1n) is 11.8. The van der Waals surface area contributed by atoms with Gasteiger partial charge in [0.2, 0.25) is 21.8 Å². The quantitative estimate of drug-likeness (QED) is 0.387. The number of nitrogens with zero attached hydrogens (tertiary/aromatic N) is 4. The number of rotatable bonds is 7. The van der Waals surface area contributed by atoms with Gasteiger partial charge in [0, 0.05) is 29.9 Å². The van der Waals surface area contributed by atoms with Crippen LogP contribution in [0.25, 0.3) is 11.1 Å². The molecular formula is C24H19F8N5O4S. The van der Waals surface area contributed by atoms with Crippen LogP contribution in [0.1, 0.15) is 24.9 Å². The maximum Gasteiger partial charge on any atom is 0.573 e. The molecule has 1 N–H and O–H groups in total. The fraction of sp³-hybridized carbons (Fsp3) is 0.333. The molecule has 18 heteroatoms. The molecule has 3 atom stereocenters. The molecule has 1 fully saturated rings. The van der Waals surface area contributed by atoms with Gasteiger partial charge in [-0.25, -0.2) is 27.2 Å². The minimum Gasteiger partial charge on any atom is -0.403 e. The average Bonchev–Trinajstić information content (AvgIpc) is 3.21. The summed E-state index contributed by atoms with van der Waals surface area (Å²) in [5.41, 5.74) is -0.846. The Morgan fingerprint density at radius 2 is 1.67 bits per heavy atom. The van der Waals surface area contributed by atoms with E-state index in [0.29, 0.717) is 22.9 Å². The zero-order valence-electron chi connectivity index (χ0n) is 21.1. The first kappa shape index (κ1) is 31.0. The van der Waals surface area contributed by atoms with E-state index in [4.69, 9.17) is 0 Å². The van der Waals surface area contributed by atoms with Gasteiger partial charge in [0.1, 0.15) is 18.0 Å². The fourth-order valence-electron chi connectivity index (χ4n) is 4.22. The lowest BCUT2D eigenvalue weighted by atomic mass is 10.1. The molecule has 1 aliphatic heterocycles. The second kappa shape index (κ2) is 11.4. The molecule has 1 saturated heterocycles. The van der Waals surface area contributed by atoms with Gasteiger partial charge in [-0.1, -0.05) is 0 Å². The standard InChI is InChI=1S/C24H19F8N5O4S/c1-12-18(26)7-19(37(12)42(39,40)16-4-2-14(25)3-5-16)21(38)34-10-15-6-17(20(11-33-15)41-24(30,31)32)13-8-35-22(36-9-13)23(27,28)29/h2-6,8-9,11-12,18-19H,7,10H2,1H3,(H,34,38). The molecule has 0 aliphatic carbocycles. The van der Waals surface area contributed by atoms with Gasteiger partial charge < -0.3 is 10.1 Å². The summed E-state index contributed by atoms with van der Waals surface area (Å²) >= 11 is 0. The highest BCUT2D eigenvalue weighted by atomic mass is 32.2. The molecule has 1 aromatic carbocycles. The number of ether oxygens (including phenoxy) is 1. The van der Waals surface area contributed by atoms with E-state index in [1.165, 1.54) is 6.92 Å². The second-order valence-electron chi connectivity index (χ2n) is 9.03. The van der Waals surface area contributed by atoms with Crippen LogP contribution in [0, 0.1) is 5.82 Å². The molecule has 3 aromatic rings. The van der Waals surface area contributed by atoms with Gasteiger partial charge in [-0.05, 0) is 37.3 Å². The van der Waals surface area contributed by atoms with Crippen LogP contribution in [0.4, 0.5) is 35.1 Å². The van der Waals surface area contributed by atoms with Crippen LogP contribution in [0.2, 0.25) is 0 Å². The van der Waals surface area contributed by atoms with Gasteiger partial charge in [0.05, 0.1) is 29.4 Å². The maximum absolute atomic E-state index is 14.6. The van der Waals surface area contributed by atoms with Crippen molar-refractivity contribution < 1.29 is 53.1 Å². The van der Waals surface area contributed by atoms with Crippen molar-refractivity contribution in [2.75, 3.05) is 0 Å². The molecule has 3 unspecified atom stereocenters. The third kappa shape index (κ3) is 6.75. The van der Waals surface area contributed by atoms with Crippen LogP contribution in [0.15, 0.2) is 53.8 Å². The number of halogens is 8. The summed E-state index contributed by atoms with van der Waals surface area (Å²) in [5.74, 6) is -4.13. The molecule has 9 nitrogen and oxygen atoms in total. The predicted octanol–water partition coefficient (Wildman–Crippen LogP) is 4.40. The Morgan fingerprint density at radius 3 is 2.24 bits per heavy atom. The van der Waals surface area contributed by atoms with Crippen LogP contribution in [-0.2, 0) is 27.5 Å². The first-order chi connectivity index (χ1) is 19.5. The molecule has 0 bridgehead atoms. The van der Waals surface area contributed by atoms with Gasteiger partial charge in [-0.3, -0.25) is 9.78 Å². The smallest absolute Gasteiger partial charge is 0.403 e. The van der Waals surface area contributed by atoms with Crippen LogP contribution >= 0.6 is 0 Å². The highest BCUT2D eigenvalue weighted by molar-refractivity contribution is 7.89. The number of alkyl halides is 7. The van der Waals surface area contributed by atoms with Crippen LogP contribution in [0.5, 0.6) is 5.75 Å². The first-order valence-corrected chi connectivity index (χ1v) is 13.3. The third-order valence-electron chi connectivity index (χ3n) is 6.18. The predicted molar refractivity (Wildman–Crippen MR) is 127 cm³/mol. The summed E-state index contributed by atoms with van der Waals surface area (Å²) in [7, 11) is -4.46. The molecule has 4 rings (SSSR count). The number of sulfonamides is 1. The van der Waals surface area contributed by atoms with Gasteiger partial charge in [-0.2, -0.15) is 17.5 Å². The van der Waals surface area contributed by atoms with E-state index >= 15 is 0 Å². The molecule has 1 aliphatic rings. The summed E-state index contributed by atoms with van der Waals surface area (Å²) in [4.78, 5) is 22.6. The Bertz CT molecular complexity index is 1550. The van der Waals surface area contributed by atoms with Crippen molar-refractivity contribution in [1.82, 2.24) is 24.6 Å². The molecule has 0 radical (unpaired) electrons. The van der Waals surface area contributed by atoms with Gasteiger partial charge in [0.15, 0.2) is 5.75 Å². The number of hydrogen-bond donors (Lipinski definition) is 1. The SMILES string of the molecule is CC1C(F)CC(C(=O)NCc2cc(-c3cnc(C(F)(F)F)nc3)c(OC(F)(F)F)cn2)N1S(=O)(=O)c1ccc(F)cc1. The maximum atomic E-state index is 14.6. The lowest BCUT2D eigenvalue weighted by Gasteiger charge is -2.26. The Morgan fingerprint density at radius 1 is 1.05 bits per heavy atom. The summed E-state index contributed by atoms with van der Waals surface area (Å²) in [6, 6.07) is 1.84. The van der Waals surface area contributed by atoms with E-state index < -0.39 is 82.6 Å². The van der Waals surface area contributed by atoms with Crippen LogP contribution in [0.3, 0.4) is 0 Å². The van der Waals surface area contributed by atoms with Gasteiger partial charge >= 0.3 is 12.5 Å². The van der Waals surface area contributed by atoms with Crippen molar-refractivity contribution in [2.24, 2.45) is 0 Å².